The summed E-state index contributed by atoms with van der Waals surface area (Å²) in [5.74, 6) is 0.611. The molecule has 0 aliphatic carbocycles. The summed E-state index contributed by atoms with van der Waals surface area (Å²) >= 11 is 5.61. The van der Waals surface area contributed by atoms with Gasteiger partial charge >= 0.3 is 0 Å². The highest BCUT2D eigenvalue weighted by Gasteiger charge is 2.04. The normalized spacial score (nSPS) is 10.3. The number of aromatic nitrogens is 1. The van der Waals surface area contributed by atoms with Crippen LogP contribution in [-0.2, 0) is 12.4 Å². The number of nitrogens with zero attached hydrogens (tertiary/aromatic N) is 1. The summed E-state index contributed by atoms with van der Waals surface area (Å²) in [6.07, 6.45) is 0. The predicted molar refractivity (Wildman–Crippen MR) is 45.5 cm³/mol. The Morgan fingerprint density at radius 1 is 1.70 bits per heavy atom. The predicted octanol–water partition coefficient (Wildman–Crippen LogP) is 1.37. The molecule has 0 spiro atoms. The summed E-state index contributed by atoms with van der Waals surface area (Å²) in [4.78, 5) is 5.12. The maximum absolute atomic E-state index is 8.80. The summed E-state index contributed by atoms with van der Waals surface area (Å²) in [7, 11) is 0. The molecular weight excluding hydrogens is 166 g/mol. The zero-order chi connectivity index (χ0) is 7.56. The third-order valence-corrected chi connectivity index (χ3v) is 2.48. The standard InChI is InChI=1S/C6H9NOS2/c1-4-7-5(3-9)6(2-8)10-4/h8-9H,2-3H2,1H3. The lowest BCUT2D eigenvalue weighted by Crippen LogP contribution is -1.85. The zero-order valence-electron chi connectivity index (χ0n) is 5.66. The number of aryl methyl sites for hydroxylation is 1. The molecule has 0 aliphatic rings. The molecule has 0 atom stereocenters. The molecule has 1 aromatic rings. The van der Waals surface area contributed by atoms with Gasteiger partial charge in [-0.05, 0) is 6.92 Å². The second-order valence-corrected chi connectivity index (χ2v) is 3.52. The van der Waals surface area contributed by atoms with Crippen molar-refractivity contribution < 1.29 is 5.11 Å². The minimum atomic E-state index is 0.0847. The Morgan fingerprint density at radius 2 is 2.40 bits per heavy atom. The zero-order valence-corrected chi connectivity index (χ0v) is 7.38. The van der Waals surface area contributed by atoms with E-state index >= 15 is 0 Å². The lowest BCUT2D eigenvalue weighted by molar-refractivity contribution is 0.284. The van der Waals surface area contributed by atoms with Crippen molar-refractivity contribution >= 4 is 24.0 Å². The van der Waals surface area contributed by atoms with Crippen molar-refractivity contribution in [1.82, 2.24) is 4.98 Å². The quantitative estimate of drug-likeness (QED) is 0.666. The van der Waals surface area contributed by atoms with Crippen molar-refractivity contribution in [2.75, 3.05) is 0 Å². The fourth-order valence-corrected chi connectivity index (χ4v) is 1.94. The smallest absolute Gasteiger partial charge is 0.0901 e. The lowest BCUT2D eigenvalue weighted by Gasteiger charge is -1.90. The van der Waals surface area contributed by atoms with E-state index in [-0.39, 0.29) is 6.61 Å². The monoisotopic (exact) mass is 175 g/mol. The van der Waals surface area contributed by atoms with Crippen molar-refractivity contribution in [3.05, 3.63) is 15.6 Å². The van der Waals surface area contributed by atoms with Gasteiger partial charge in [-0.3, -0.25) is 0 Å². The number of rotatable bonds is 2. The van der Waals surface area contributed by atoms with Crippen molar-refractivity contribution in [3.63, 3.8) is 0 Å². The van der Waals surface area contributed by atoms with E-state index in [0.717, 1.165) is 15.6 Å². The Labute approximate surface area is 69.3 Å². The average molecular weight is 175 g/mol. The van der Waals surface area contributed by atoms with E-state index in [2.05, 4.69) is 17.6 Å². The molecule has 0 saturated heterocycles. The van der Waals surface area contributed by atoms with Crippen LogP contribution in [0, 0.1) is 6.92 Å². The highest BCUT2D eigenvalue weighted by Crippen LogP contribution is 2.18. The first kappa shape index (κ1) is 8.04. The summed E-state index contributed by atoms with van der Waals surface area (Å²) in [5, 5.41) is 9.79. The maximum atomic E-state index is 8.80. The van der Waals surface area contributed by atoms with Crippen LogP contribution in [0.15, 0.2) is 0 Å². The van der Waals surface area contributed by atoms with Gasteiger partial charge < -0.3 is 5.11 Å². The number of hydrogen-bond donors (Lipinski definition) is 2. The fourth-order valence-electron chi connectivity index (χ4n) is 0.759. The molecule has 56 valence electrons. The fraction of sp³-hybridized carbons (Fsp3) is 0.500. The van der Waals surface area contributed by atoms with Crippen LogP contribution >= 0.6 is 24.0 Å². The van der Waals surface area contributed by atoms with Gasteiger partial charge in [0, 0.05) is 5.75 Å². The third kappa shape index (κ3) is 1.51. The minimum Gasteiger partial charge on any atom is -0.391 e. The first-order valence-electron chi connectivity index (χ1n) is 2.95. The van der Waals surface area contributed by atoms with Crippen LogP contribution in [-0.4, -0.2) is 10.1 Å². The Hall–Kier alpha value is -0.0600. The summed E-state index contributed by atoms with van der Waals surface area (Å²) in [6, 6.07) is 0. The Morgan fingerprint density at radius 3 is 2.80 bits per heavy atom. The number of aliphatic hydroxyl groups is 1. The Bertz CT molecular complexity index is 200. The molecule has 1 N–H and O–H groups in total. The van der Waals surface area contributed by atoms with Crippen LogP contribution < -0.4 is 0 Å². The number of aliphatic hydroxyl groups excluding tert-OH is 1. The van der Waals surface area contributed by atoms with Gasteiger partial charge in [-0.2, -0.15) is 12.6 Å². The van der Waals surface area contributed by atoms with Crippen molar-refractivity contribution in [2.45, 2.75) is 19.3 Å². The van der Waals surface area contributed by atoms with Crippen LogP contribution in [0.2, 0.25) is 0 Å². The molecule has 4 heteroatoms. The molecular formula is C6H9NOS2. The highest BCUT2D eigenvalue weighted by molar-refractivity contribution is 7.79. The Kier molecular flexibility index (Phi) is 2.71. The van der Waals surface area contributed by atoms with Crippen LogP contribution in [0.4, 0.5) is 0 Å². The van der Waals surface area contributed by atoms with Crippen molar-refractivity contribution in [2.24, 2.45) is 0 Å². The molecule has 0 amide bonds. The van der Waals surface area contributed by atoms with Gasteiger partial charge in [0.25, 0.3) is 0 Å². The molecule has 0 radical (unpaired) electrons. The maximum Gasteiger partial charge on any atom is 0.0901 e. The minimum absolute atomic E-state index is 0.0847. The van der Waals surface area contributed by atoms with Crippen molar-refractivity contribution in [1.29, 1.82) is 0 Å². The molecule has 1 heterocycles. The van der Waals surface area contributed by atoms with Gasteiger partial charge in [-0.1, -0.05) is 0 Å². The molecule has 0 bridgehead atoms. The molecule has 0 unspecified atom stereocenters. The lowest BCUT2D eigenvalue weighted by atomic mass is 10.4. The molecule has 2 nitrogen and oxygen atoms in total. The first-order valence-corrected chi connectivity index (χ1v) is 4.39. The van der Waals surface area contributed by atoms with E-state index in [9.17, 15) is 0 Å². The van der Waals surface area contributed by atoms with E-state index in [1.807, 2.05) is 6.92 Å². The average Bonchev–Trinajstić information content (AvgIpc) is 2.30. The van der Waals surface area contributed by atoms with Gasteiger partial charge in [0.2, 0.25) is 0 Å². The van der Waals surface area contributed by atoms with Crippen LogP contribution in [0.3, 0.4) is 0 Å². The number of hydrogen-bond acceptors (Lipinski definition) is 4. The van der Waals surface area contributed by atoms with Gasteiger partial charge in [-0.25, -0.2) is 4.98 Å². The topological polar surface area (TPSA) is 33.1 Å². The summed E-state index contributed by atoms with van der Waals surface area (Å²) < 4.78 is 0. The summed E-state index contributed by atoms with van der Waals surface area (Å²) in [5.41, 5.74) is 0.910. The Balaban J connectivity index is 2.96. The van der Waals surface area contributed by atoms with E-state index in [0.29, 0.717) is 5.75 Å². The first-order chi connectivity index (χ1) is 4.77. The van der Waals surface area contributed by atoms with Crippen LogP contribution in [0.25, 0.3) is 0 Å². The molecule has 0 aliphatic heterocycles. The number of thiazole rings is 1. The number of thiol groups is 1. The largest absolute Gasteiger partial charge is 0.391 e. The van der Waals surface area contributed by atoms with E-state index in [4.69, 9.17) is 5.11 Å². The second-order valence-electron chi connectivity index (χ2n) is 1.92. The molecule has 0 fully saturated rings. The van der Waals surface area contributed by atoms with E-state index < -0.39 is 0 Å². The SMILES string of the molecule is Cc1nc(CS)c(CO)s1. The molecule has 10 heavy (non-hydrogen) atoms. The van der Waals surface area contributed by atoms with Gasteiger partial charge in [-0.15, -0.1) is 11.3 Å². The van der Waals surface area contributed by atoms with Crippen LogP contribution in [0.1, 0.15) is 15.6 Å². The summed E-state index contributed by atoms with van der Waals surface area (Å²) in [6.45, 7) is 2.01. The van der Waals surface area contributed by atoms with E-state index in [1.54, 1.807) is 0 Å². The van der Waals surface area contributed by atoms with Gasteiger partial charge in [0.05, 0.1) is 22.2 Å². The molecule has 1 aromatic heterocycles. The second kappa shape index (κ2) is 3.37. The van der Waals surface area contributed by atoms with Crippen molar-refractivity contribution in [3.8, 4) is 0 Å². The molecule has 0 aromatic carbocycles. The molecule has 0 saturated carbocycles. The van der Waals surface area contributed by atoms with Crippen LogP contribution in [0.5, 0.6) is 0 Å². The molecule has 1 rings (SSSR count). The van der Waals surface area contributed by atoms with Gasteiger partial charge in [0.1, 0.15) is 0 Å². The van der Waals surface area contributed by atoms with Gasteiger partial charge in [0.15, 0.2) is 0 Å². The van der Waals surface area contributed by atoms with E-state index in [1.165, 1.54) is 11.3 Å². The third-order valence-electron chi connectivity index (χ3n) is 1.18. The highest BCUT2D eigenvalue weighted by atomic mass is 32.1.